The normalized spacial score (nSPS) is 12.1. The molecular weight excluding hydrogens is 170 g/mol. The van der Waals surface area contributed by atoms with Crippen LogP contribution >= 0.6 is 0 Å². The van der Waals surface area contributed by atoms with Crippen LogP contribution in [0, 0.1) is 0 Å². The van der Waals surface area contributed by atoms with E-state index in [1.54, 1.807) is 0 Å². The smallest absolute Gasteiger partial charge is 0.0358 e. The molecule has 1 nitrogen and oxygen atoms in total. The number of hydrogen-bond donors (Lipinski definition) is 1. The second-order valence-electron chi connectivity index (χ2n) is 3.32. The Kier molecular flexibility index (Phi) is 4.14. The van der Waals surface area contributed by atoms with E-state index in [1.807, 2.05) is 19.2 Å². The molecule has 74 valence electrons. The van der Waals surface area contributed by atoms with Gasteiger partial charge in [0, 0.05) is 6.04 Å². The standard InChI is InChI=1S/C13H17N/c1-4-11(2)10-13(14-3)12-8-6-5-7-9-12/h4-9,13-14H,1-2,10H2,3H3/t13-/m0/s1. The first kappa shape index (κ1) is 10.7. The Labute approximate surface area is 86.2 Å². The van der Waals surface area contributed by atoms with Gasteiger partial charge in [0.2, 0.25) is 0 Å². The summed E-state index contributed by atoms with van der Waals surface area (Å²) in [4.78, 5) is 0. The highest BCUT2D eigenvalue weighted by Gasteiger charge is 2.08. The van der Waals surface area contributed by atoms with Crippen LogP contribution in [0.1, 0.15) is 18.0 Å². The van der Waals surface area contributed by atoms with Crippen molar-refractivity contribution in [2.75, 3.05) is 7.05 Å². The van der Waals surface area contributed by atoms with E-state index in [9.17, 15) is 0 Å². The van der Waals surface area contributed by atoms with Gasteiger partial charge in [-0.1, -0.05) is 55.1 Å². The lowest BCUT2D eigenvalue weighted by Gasteiger charge is -2.16. The summed E-state index contributed by atoms with van der Waals surface area (Å²) in [6, 6.07) is 10.7. The molecule has 14 heavy (non-hydrogen) atoms. The molecule has 0 unspecified atom stereocenters. The topological polar surface area (TPSA) is 12.0 Å². The Balaban J connectivity index is 2.72. The summed E-state index contributed by atoms with van der Waals surface area (Å²) >= 11 is 0. The highest BCUT2D eigenvalue weighted by atomic mass is 14.9. The fourth-order valence-electron chi connectivity index (χ4n) is 1.42. The monoisotopic (exact) mass is 187 g/mol. The average molecular weight is 187 g/mol. The molecule has 1 rings (SSSR count). The van der Waals surface area contributed by atoms with Gasteiger partial charge in [-0.15, -0.1) is 0 Å². The maximum absolute atomic E-state index is 3.93. The second kappa shape index (κ2) is 5.40. The number of nitrogens with one attached hydrogen (secondary N) is 1. The Morgan fingerprint density at radius 2 is 2.07 bits per heavy atom. The molecule has 0 aliphatic carbocycles. The van der Waals surface area contributed by atoms with E-state index in [1.165, 1.54) is 5.56 Å². The van der Waals surface area contributed by atoms with E-state index in [2.05, 4.69) is 42.7 Å². The lowest BCUT2D eigenvalue weighted by molar-refractivity contribution is 0.595. The fourth-order valence-corrected chi connectivity index (χ4v) is 1.42. The van der Waals surface area contributed by atoms with Gasteiger partial charge >= 0.3 is 0 Å². The fraction of sp³-hybridized carbons (Fsp3) is 0.231. The molecule has 0 aromatic heterocycles. The van der Waals surface area contributed by atoms with E-state index < -0.39 is 0 Å². The van der Waals surface area contributed by atoms with Crippen molar-refractivity contribution in [2.45, 2.75) is 12.5 Å². The molecule has 1 N–H and O–H groups in total. The Hall–Kier alpha value is -1.34. The lowest BCUT2D eigenvalue weighted by Crippen LogP contribution is -2.16. The van der Waals surface area contributed by atoms with Crippen LogP contribution < -0.4 is 5.32 Å². The summed E-state index contributed by atoms with van der Waals surface area (Å²) in [5, 5.41) is 3.27. The summed E-state index contributed by atoms with van der Waals surface area (Å²) in [7, 11) is 1.97. The first-order chi connectivity index (χ1) is 6.77. The van der Waals surface area contributed by atoms with E-state index in [0.29, 0.717) is 6.04 Å². The summed E-state index contributed by atoms with van der Waals surface area (Å²) in [5.41, 5.74) is 2.35. The minimum atomic E-state index is 0.335. The zero-order valence-corrected chi connectivity index (χ0v) is 8.66. The SMILES string of the molecule is C=CC(=C)C[C@H](NC)c1ccccc1. The molecule has 1 aromatic carbocycles. The van der Waals surface area contributed by atoms with Gasteiger partial charge in [0.1, 0.15) is 0 Å². The van der Waals surface area contributed by atoms with E-state index in [4.69, 9.17) is 0 Å². The minimum absolute atomic E-state index is 0.335. The van der Waals surface area contributed by atoms with Crippen LogP contribution in [0.4, 0.5) is 0 Å². The molecule has 0 amide bonds. The zero-order valence-electron chi connectivity index (χ0n) is 8.66. The molecule has 1 atom stereocenters. The summed E-state index contributed by atoms with van der Waals surface area (Å²) in [6.07, 6.45) is 2.72. The molecule has 0 saturated heterocycles. The van der Waals surface area contributed by atoms with Crippen molar-refractivity contribution >= 4 is 0 Å². The van der Waals surface area contributed by atoms with Gasteiger partial charge in [-0.25, -0.2) is 0 Å². The third-order valence-electron chi connectivity index (χ3n) is 2.31. The van der Waals surface area contributed by atoms with Gasteiger partial charge in [-0.3, -0.25) is 0 Å². The predicted molar refractivity (Wildman–Crippen MR) is 62.2 cm³/mol. The average Bonchev–Trinajstić information content (AvgIpc) is 2.26. The summed E-state index contributed by atoms with van der Waals surface area (Å²) < 4.78 is 0. The molecule has 0 aliphatic rings. The quantitative estimate of drug-likeness (QED) is 0.698. The largest absolute Gasteiger partial charge is 0.313 e. The minimum Gasteiger partial charge on any atom is -0.313 e. The van der Waals surface area contributed by atoms with Crippen molar-refractivity contribution in [1.29, 1.82) is 0 Å². The second-order valence-corrected chi connectivity index (χ2v) is 3.32. The van der Waals surface area contributed by atoms with Crippen molar-refractivity contribution in [3.8, 4) is 0 Å². The van der Waals surface area contributed by atoms with Gasteiger partial charge in [0.25, 0.3) is 0 Å². The first-order valence-corrected chi connectivity index (χ1v) is 4.80. The zero-order chi connectivity index (χ0) is 10.4. The van der Waals surface area contributed by atoms with Gasteiger partial charge in [0.05, 0.1) is 0 Å². The third kappa shape index (κ3) is 2.86. The number of allylic oxidation sites excluding steroid dienone is 1. The molecule has 0 spiro atoms. The summed E-state index contributed by atoms with van der Waals surface area (Å²) in [5.74, 6) is 0. The highest BCUT2D eigenvalue weighted by Crippen LogP contribution is 2.19. The molecule has 0 fully saturated rings. The van der Waals surface area contributed by atoms with Crippen LogP contribution in [0.2, 0.25) is 0 Å². The van der Waals surface area contributed by atoms with Crippen LogP contribution in [0.25, 0.3) is 0 Å². The molecule has 1 aromatic rings. The molecule has 0 aliphatic heterocycles. The Bertz CT molecular complexity index is 300. The van der Waals surface area contributed by atoms with Crippen molar-refractivity contribution in [2.24, 2.45) is 0 Å². The van der Waals surface area contributed by atoms with Gasteiger partial charge in [0.15, 0.2) is 0 Å². The van der Waals surface area contributed by atoms with E-state index >= 15 is 0 Å². The van der Waals surface area contributed by atoms with Crippen molar-refractivity contribution in [1.82, 2.24) is 5.32 Å². The van der Waals surface area contributed by atoms with Crippen LogP contribution in [0.3, 0.4) is 0 Å². The van der Waals surface area contributed by atoms with Crippen molar-refractivity contribution < 1.29 is 0 Å². The molecule has 0 heterocycles. The highest BCUT2D eigenvalue weighted by molar-refractivity contribution is 5.23. The molecule has 1 heteroatoms. The van der Waals surface area contributed by atoms with E-state index in [-0.39, 0.29) is 0 Å². The van der Waals surface area contributed by atoms with E-state index in [0.717, 1.165) is 12.0 Å². The Morgan fingerprint density at radius 3 is 2.57 bits per heavy atom. The molecule has 0 saturated carbocycles. The Morgan fingerprint density at radius 1 is 1.43 bits per heavy atom. The number of hydrogen-bond acceptors (Lipinski definition) is 1. The van der Waals surface area contributed by atoms with Gasteiger partial charge in [-0.05, 0) is 19.0 Å². The van der Waals surface area contributed by atoms with Gasteiger partial charge < -0.3 is 5.32 Å². The van der Waals surface area contributed by atoms with Crippen LogP contribution in [-0.2, 0) is 0 Å². The predicted octanol–water partition coefficient (Wildman–Crippen LogP) is 3.08. The van der Waals surface area contributed by atoms with Crippen molar-refractivity contribution in [3.05, 3.63) is 60.7 Å². The maximum atomic E-state index is 3.93. The maximum Gasteiger partial charge on any atom is 0.0358 e. The van der Waals surface area contributed by atoms with Gasteiger partial charge in [-0.2, -0.15) is 0 Å². The molecular formula is C13H17N. The molecule has 0 bridgehead atoms. The van der Waals surface area contributed by atoms with Crippen LogP contribution in [0.5, 0.6) is 0 Å². The lowest BCUT2D eigenvalue weighted by atomic mass is 10.00. The first-order valence-electron chi connectivity index (χ1n) is 4.80. The van der Waals surface area contributed by atoms with Crippen molar-refractivity contribution in [3.63, 3.8) is 0 Å². The summed E-state index contributed by atoms with van der Waals surface area (Å²) in [6.45, 7) is 7.64. The molecule has 0 radical (unpaired) electrons. The van der Waals surface area contributed by atoms with Crippen LogP contribution in [0.15, 0.2) is 55.1 Å². The number of rotatable bonds is 5. The third-order valence-corrected chi connectivity index (χ3v) is 2.31. The number of benzene rings is 1. The van der Waals surface area contributed by atoms with Crippen LogP contribution in [-0.4, -0.2) is 7.05 Å².